The van der Waals surface area contributed by atoms with Crippen LogP contribution in [0.25, 0.3) is 0 Å². The molecule has 0 saturated carbocycles. The number of nitriles is 1. The molecule has 0 radical (unpaired) electrons. The fraction of sp³-hybridized carbons (Fsp3) is 0.294. The molecule has 10 heteroatoms. The van der Waals surface area contributed by atoms with Gasteiger partial charge in [-0.15, -0.1) is 0 Å². The molecule has 0 spiro atoms. The topological polar surface area (TPSA) is 93.1 Å². The normalized spacial score (nSPS) is 15.0. The zero-order chi connectivity index (χ0) is 19.6. The number of nitrogens with one attached hydrogen (secondary N) is 1. The highest BCUT2D eigenvalue weighted by Gasteiger charge is 2.34. The predicted octanol–water partition coefficient (Wildman–Crippen LogP) is 1.51. The van der Waals surface area contributed by atoms with Crippen molar-refractivity contribution >= 4 is 11.6 Å². The van der Waals surface area contributed by atoms with E-state index in [4.69, 9.17) is 5.26 Å². The van der Waals surface area contributed by atoms with Crippen molar-refractivity contribution in [2.75, 3.05) is 24.5 Å². The summed E-state index contributed by atoms with van der Waals surface area (Å²) in [5.74, 6) is -0.401. The van der Waals surface area contributed by atoms with Gasteiger partial charge in [-0.05, 0) is 11.6 Å². The van der Waals surface area contributed by atoms with Gasteiger partial charge in [0.25, 0.3) is 5.56 Å². The van der Waals surface area contributed by atoms with E-state index >= 15 is 0 Å². The maximum Gasteiger partial charge on any atom is 0.416 e. The number of nitrogens with zero attached hydrogens (tertiary/aromatic N) is 4. The Kier molecular flexibility index (Phi) is 4.85. The third kappa shape index (κ3) is 3.76. The van der Waals surface area contributed by atoms with E-state index in [9.17, 15) is 22.8 Å². The summed E-state index contributed by atoms with van der Waals surface area (Å²) in [5.41, 5.74) is -1.35. The number of benzene rings is 1. The lowest BCUT2D eigenvalue weighted by atomic mass is 10.1. The first-order chi connectivity index (χ1) is 12.8. The van der Waals surface area contributed by atoms with Gasteiger partial charge in [0.1, 0.15) is 11.6 Å². The summed E-state index contributed by atoms with van der Waals surface area (Å²) >= 11 is 0. The Bertz CT molecular complexity index is 964. The molecule has 140 valence electrons. The zero-order valence-electron chi connectivity index (χ0n) is 14.0. The second-order valence-corrected chi connectivity index (χ2v) is 5.96. The molecule has 7 nitrogen and oxygen atoms in total. The standard InChI is InChI=1S/C17H14F3N5O2/c18-17(19,20)13-4-2-1-3-11(13)9-25-6-5-24(10-15(25)26)14-8-22-23-16(27)12(14)7-21/h1-4,8H,5-6,9-10H2,(H,23,27). The van der Waals surface area contributed by atoms with Gasteiger partial charge >= 0.3 is 6.18 Å². The number of anilines is 1. The smallest absolute Gasteiger partial charge is 0.358 e. The van der Waals surface area contributed by atoms with Gasteiger partial charge in [-0.2, -0.15) is 23.5 Å². The molecule has 1 aliphatic rings. The lowest BCUT2D eigenvalue weighted by Crippen LogP contribution is -2.50. The van der Waals surface area contributed by atoms with E-state index in [1.807, 2.05) is 0 Å². The first-order valence-corrected chi connectivity index (χ1v) is 7.97. The number of amides is 1. The molecule has 1 aliphatic heterocycles. The van der Waals surface area contributed by atoms with Crippen molar-refractivity contribution in [3.8, 4) is 6.07 Å². The van der Waals surface area contributed by atoms with Gasteiger partial charge in [0.05, 0.1) is 24.0 Å². The molecular weight excluding hydrogens is 363 g/mol. The number of hydrogen-bond donors (Lipinski definition) is 1. The van der Waals surface area contributed by atoms with Crippen LogP contribution >= 0.6 is 0 Å². The van der Waals surface area contributed by atoms with Crippen LogP contribution in [0.5, 0.6) is 0 Å². The Hall–Kier alpha value is -3.35. The number of aromatic amines is 1. The Morgan fingerprint density at radius 3 is 2.63 bits per heavy atom. The van der Waals surface area contributed by atoms with Crippen LogP contribution in [0, 0.1) is 11.3 Å². The van der Waals surface area contributed by atoms with Crippen molar-refractivity contribution in [3.05, 3.63) is 57.5 Å². The molecule has 1 saturated heterocycles. The van der Waals surface area contributed by atoms with E-state index in [1.54, 1.807) is 6.07 Å². The molecule has 0 unspecified atom stereocenters. The molecule has 0 aliphatic carbocycles. The number of alkyl halides is 3. The molecule has 1 aromatic carbocycles. The number of aromatic nitrogens is 2. The predicted molar refractivity (Wildman–Crippen MR) is 88.6 cm³/mol. The molecule has 3 rings (SSSR count). The number of carbonyl (C=O) groups is 1. The number of rotatable bonds is 3. The number of halogens is 3. The van der Waals surface area contributed by atoms with Crippen molar-refractivity contribution in [1.82, 2.24) is 15.1 Å². The number of H-pyrrole nitrogens is 1. The van der Waals surface area contributed by atoms with Crippen molar-refractivity contribution < 1.29 is 18.0 Å². The minimum absolute atomic E-state index is 0.0161. The van der Waals surface area contributed by atoms with Crippen LogP contribution in [-0.4, -0.2) is 40.6 Å². The van der Waals surface area contributed by atoms with Crippen LogP contribution in [0.1, 0.15) is 16.7 Å². The van der Waals surface area contributed by atoms with E-state index in [0.29, 0.717) is 0 Å². The summed E-state index contributed by atoms with van der Waals surface area (Å²) in [7, 11) is 0. The fourth-order valence-corrected chi connectivity index (χ4v) is 2.96. The molecule has 27 heavy (non-hydrogen) atoms. The molecule has 1 aromatic heterocycles. The lowest BCUT2D eigenvalue weighted by Gasteiger charge is -2.36. The van der Waals surface area contributed by atoms with E-state index in [1.165, 1.54) is 34.2 Å². The van der Waals surface area contributed by atoms with Crippen molar-refractivity contribution in [3.63, 3.8) is 0 Å². The van der Waals surface area contributed by atoms with E-state index in [2.05, 4.69) is 10.2 Å². The maximum atomic E-state index is 13.1. The van der Waals surface area contributed by atoms with E-state index in [0.717, 1.165) is 6.07 Å². The van der Waals surface area contributed by atoms with E-state index in [-0.39, 0.29) is 43.0 Å². The summed E-state index contributed by atoms with van der Waals surface area (Å²) in [6.45, 7) is 0.0948. The average Bonchev–Trinajstić information content (AvgIpc) is 2.63. The Morgan fingerprint density at radius 2 is 1.96 bits per heavy atom. The SMILES string of the molecule is N#Cc1c(N2CCN(Cc3ccccc3C(F)(F)F)C(=O)C2)cn[nH]c1=O. The van der Waals surface area contributed by atoms with Gasteiger partial charge in [0.15, 0.2) is 0 Å². The van der Waals surface area contributed by atoms with Gasteiger partial charge < -0.3 is 9.80 Å². The van der Waals surface area contributed by atoms with Crippen molar-refractivity contribution in [2.24, 2.45) is 0 Å². The lowest BCUT2D eigenvalue weighted by molar-refractivity contribution is -0.140. The first kappa shape index (κ1) is 18.4. The molecular formula is C17H14F3N5O2. The van der Waals surface area contributed by atoms with Crippen LogP contribution < -0.4 is 10.5 Å². The Labute approximate surface area is 151 Å². The average molecular weight is 377 g/mol. The van der Waals surface area contributed by atoms with Crippen molar-refractivity contribution in [2.45, 2.75) is 12.7 Å². The highest BCUT2D eigenvalue weighted by Crippen LogP contribution is 2.32. The summed E-state index contributed by atoms with van der Waals surface area (Å²) in [6, 6.07) is 6.90. The number of hydrogen-bond acceptors (Lipinski definition) is 5. The zero-order valence-corrected chi connectivity index (χ0v) is 14.0. The largest absolute Gasteiger partial charge is 0.416 e. The summed E-state index contributed by atoms with van der Waals surface area (Å²) in [4.78, 5) is 27.0. The van der Waals surface area contributed by atoms with Gasteiger partial charge in [-0.25, -0.2) is 5.10 Å². The van der Waals surface area contributed by atoms with Crippen molar-refractivity contribution in [1.29, 1.82) is 5.26 Å². The molecule has 1 N–H and O–H groups in total. The monoisotopic (exact) mass is 377 g/mol. The van der Waals surface area contributed by atoms with Gasteiger partial charge in [-0.3, -0.25) is 9.59 Å². The third-order valence-corrected chi connectivity index (χ3v) is 4.29. The highest BCUT2D eigenvalue weighted by molar-refractivity contribution is 5.83. The summed E-state index contributed by atoms with van der Waals surface area (Å²) in [6.07, 6.45) is -3.22. The van der Waals surface area contributed by atoms with Gasteiger partial charge in [-0.1, -0.05) is 18.2 Å². The van der Waals surface area contributed by atoms with Crippen LogP contribution in [0.3, 0.4) is 0 Å². The highest BCUT2D eigenvalue weighted by atomic mass is 19.4. The number of piperazine rings is 1. The summed E-state index contributed by atoms with van der Waals surface area (Å²) in [5, 5.41) is 14.9. The molecule has 0 atom stereocenters. The molecule has 1 amide bonds. The number of carbonyl (C=O) groups excluding carboxylic acids is 1. The first-order valence-electron chi connectivity index (χ1n) is 7.97. The van der Waals surface area contributed by atoms with Crippen LogP contribution in [-0.2, 0) is 17.5 Å². The molecule has 2 heterocycles. The van der Waals surface area contributed by atoms with Gasteiger partial charge in [0.2, 0.25) is 5.91 Å². The molecule has 1 fully saturated rings. The second-order valence-electron chi connectivity index (χ2n) is 5.96. The minimum Gasteiger partial charge on any atom is -0.358 e. The maximum absolute atomic E-state index is 13.1. The van der Waals surface area contributed by atoms with Crippen LogP contribution in [0.4, 0.5) is 18.9 Å². The molecule has 2 aromatic rings. The quantitative estimate of drug-likeness (QED) is 0.875. The van der Waals surface area contributed by atoms with Crippen LogP contribution in [0.2, 0.25) is 0 Å². The Morgan fingerprint density at radius 1 is 1.22 bits per heavy atom. The summed E-state index contributed by atoms with van der Waals surface area (Å²) < 4.78 is 39.4. The van der Waals surface area contributed by atoms with Crippen LogP contribution in [0.15, 0.2) is 35.3 Å². The molecule has 0 bridgehead atoms. The van der Waals surface area contributed by atoms with Gasteiger partial charge in [0, 0.05) is 19.6 Å². The Balaban J connectivity index is 1.78. The van der Waals surface area contributed by atoms with E-state index < -0.39 is 23.2 Å². The minimum atomic E-state index is -4.50. The second kappa shape index (κ2) is 7.11. The fourth-order valence-electron chi connectivity index (χ4n) is 2.96. The third-order valence-electron chi connectivity index (χ3n) is 4.29.